The molecular formula is C17H14N4O5S2. The number of nitro benzene ring substituents is 1. The number of sulfonamides is 1. The van der Waals surface area contributed by atoms with Crippen LogP contribution in [-0.4, -0.2) is 29.3 Å². The average Bonchev–Trinajstić information content (AvgIpc) is 3.08. The van der Waals surface area contributed by atoms with Crippen molar-refractivity contribution in [2.24, 2.45) is 0 Å². The van der Waals surface area contributed by atoms with Crippen LogP contribution in [0.3, 0.4) is 0 Å². The number of carbonyl (C=O) groups is 1. The summed E-state index contributed by atoms with van der Waals surface area (Å²) < 4.78 is 26.8. The highest BCUT2D eigenvalue weighted by Gasteiger charge is 2.25. The molecule has 0 aliphatic heterocycles. The first-order valence-corrected chi connectivity index (χ1v) is 10.2. The summed E-state index contributed by atoms with van der Waals surface area (Å²) in [5, 5.41) is 18.9. The average molecular weight is 418 g/mol. The molecule has 9 nitrogen and oxygen atoms in total. The van der Waals surface area contributed by atoms with Crippen molar-refractivity contribution in [1.29, 1.82) is 0 Å². The Morgan fingerprint density at radius 2 is 1.86 bits per heavy atom. The topological polar surface area (TPSA) is 132 Å². The molecule has 0 spiro atoms. The lowest BCUT2D eigenvalue weighted by Gasteiger charge is -2.09. The lowest BCUT2D eigenvalue weighted by Crippen LogP contribution is -2.15. The maximum absolute atomic E-state index is 12.8. The third-order valence-electron chi connectivity index (χ3n) is 3.83. The largest absolute Gasteiger partial charge is 0.293 e. The molecule has 144 valence electrons. The number of ketones is 1. The molecule has 11 heteroatoms. The highest BCUT2D eigenvalue weighted by molar-refractivity contribution is 7.94. The van der Waals surface area contributed by atoms with Crippen LogP contribution in [0, 0.1) is 24.0 Å². The molecule has 1 N–H and O–H groups in total. The van der Waals surface area contributed by atoms with Gasteiger partial charge in [-0.2, -0.15) is 8.42 Å². The molecule has 3 rings (SSSR count). The van der Waals surface area contributed by atoms with Gasteiger partial charge in [-0.1, -0.05) is 35.6 Å². The normalized spacial score (nSPS) is 11.2. The van der Waals surface area contributed by atoms with E-state index in [1.165, 1.54) is 6.07 Å². The van der Waals surface area contributed by atoms with Gasteiger partial charge in [0.25, 0.3) is 20.1 Å². The van der Waals surface area contributed by atoms with Crippen LogP contribution in [0.5, 0.6) is 0 Å². The number of hydrogen-bond acceptors (Lipinski definition) is 8. The van der Waals surface area contributed by atoms with Gasteiger partial charge in [0.15, 0.2) is 5.78 Å². The predicted octanol–water partition coefficient (Wildman–Crippen LogP) is 3.09. The minimum atomic E-state index is -4.18. The van der Waals surface area contributed by atoms with Crippen molar-refractivity contribution in [2.75, 3.05) is 4.72 Å². The minimum Gasteiger partial charge on any atom is -0.289 e. The molecule has 0 saturated heterocycles. The predicted molar refractivity (Wildman–Crippen MR) is 103 cm³/mol. The molecule has 0 aliphatic rings. The monoisotopic (exact) mass is 418 g/mol. The van der Waals surface area contributed by atoms with E-state index in [0.29, 0.717) is 10.6 Å². The summed E-state index contributed by atoms with van der Waals surface area (Å²) in [7, 11) is -4.18. The molecular weight excluding hydrogens is 404 g/mol. The summed E-state index contributed by atoms with van der Waals surface area (Å²) in [6.07, 6.45) is 0. The third-order valence-corrected chi connectivity index (χ3v) is 6.40. The Labute approximate surface area is 164 Å². The second-order valence-electron chi connectivity index (χ2n) is 5.83. The Hall–Kier alpha value is -3.18. The zero-order chi connectivity index (χ0) is 20.5. The Morgan fingerprint density at radius 3 is 2.46 bits per heavy atom. The molecule has 28 heavy (non-hydrogen) atoms. The van der Waals surface area contributed by atoms with Crippen LogP contribution >= 0.6 is 11.3 Å². The van der Waals surface area contributed by atoms with E-state index in [4.69, 9.17) is 0 Å². The van der Waals surface area contributed by atoms with Gasteiger partial charge in [-0.25, -0.2) is 0 Å². The summed E-state index contributed by atoms with van der Waals surface area (Å²) in [5.74, 6) is -0.375. The summed E-state index contributed by atoms with van der Waals surface area (Å²) in [6, 6.07) is 10.4. The second kappa shape index (κ2) is 7.44. The first kappa shape index (κ1) is 19.6. The fraction of sp³-hybridized carbons (Fsp3) is 0.118. The van der Waals surface area contributed by atoms with Crippen LogP contribution < -0.4 is 4.72 Å². The zero-order valence-corrected chi connectivity index (χ0v) is 16.4. The number of rotatable bonds is 6. The Kier molecular flexibility index (Phi) is 5.21. The SMILES string of the molecule is Cc1nnc(S(=O)(=O)Nc2cc(C(=O)c3ccccc3C)ccc2[N+](=O)[O-])s1. The van der Waals surface area contributed by atoms with Gasteiger partial charge in [-0.3, -0.25) is 19.6 Å². The number of nitrogens with zero attached hydrogens (tertiary/aromatic N) is 3. The van der Waals surface area contributed by atoms with E-state index in [-0.39, 0.29) is 21.4 Å². The molecule has 0 unspecified atom stereocenters. The Balaban J connectivity index is 2.05. The van der Waals surface area contributed by atoms with Gasteiger partial charge in [0.2, 0.25) is 0 Å². The molecule has 0 fully saturated rings. The van der Waals surface area contributed by atoms with Gasteiger partial charge in [0, 0.05) is 17.2 Å². The van der Waals surface area contributed by atoms with E-state index in [1.807, 2.05) is 0 Å². The van der Waals surface area contributed by atoms with Gasteiger partial charge >= 0.3 is 0 Å². The van der Waals surface area contributed by atoms with Crippen molar-refractivity contribution >= 4 is 38.5 Å². The van der Waals surface area contributed by atoms with Crippen molar-refractivity contribution < 1.29 is 18.1 Å². The molecule has 1 heterocycles. The maximum atomic E-state index is 12.8. The smallest absolute Gasteiger partial charge is 0.289 e. The number of hydrogen-bond donors (Lipinski definition) is 1. The van der Waals surface area contributed by atoms with Gasteiger partial charge in [-0.05, 0) is 31.5 Å². The summed E-state index contributed by atoms with van der Waals surface area (Å²) >= 11 is 0.828. The number of nitro groups is 1. The highest BCUT2D eigenvalue weighted by Crippen LogP contribution is 2.29. The van der Waals surface area contributed by atoms with Gasteiger partial charge in [0.1, 0.15) is 10.7 Å². The number of nitrogens with one attached hydrogen (secondary N) is 1. The van der Waals surface area contributed by atoms with Gasteiger partial charge < -0.3 is 0 Å². The number of benzene rings is 2. The van der Waals surface area contributed by atoms with Crippen molar-refractivity contribution in [1.82, 2.24) is 10.2 Å². The third kappa shape index (κ3) is 3.89. The molecule has 0 saturated carbocycles. The zero-order valence-electron chi connectivity index (χ0n) is 14.7. The number of aromatic nitrogens is 2. The van der Waals surface area contributed by atoms with Crippen LogP contribution in [0.15, 0.2) is 46.8 Å². The van der Waals surface area contributed by atoms with E-state index >= 15 is 0 Å². The fourth-order valence-electron chi connectivity index (χ4n) is 2.48. The summed E-state index contributed by atoms with van der Waals surface area (Å²) in [6.45, 7) is 3.35. The Bertz CT molecular complexity index is 1190. The summed E-state index contributed by atoms with van der Waals surface area (Å²) in [5.41, 5.74) is 0.469. The van der Waals surface area contributed by atoms with Crippen molar-refractivity contribution in [3.63, 3.8) is 0 Å². The van der Waals surface area contributed by atoms with Gasteiger partial charge in [0.05, 0.1) is 4.92 Å². The molecule has 0 aliphatic carbocycles. The molecule has 2 aromatic carbocycles. The Morgan fingerprint density at radius 1 is 1.14 bits per heavy atom. The lowest BCUT2D eigenvalue weighted by molar-refractivity contribution is -0.383. The molecule has 0 atom stereocenters. The number of aryl methyl sites for hydroxylation is 2. The first-order valence-electron chi connectivity index (χ1n) is 7.91. The van der Waals surface area contributed by atoms with Crippen molar-refractivity contribution in [2.45, 2.75) is 18.2 Å². The molecule has 1 aromatic heterocycles. The molecule has 0 bridgehead atoms. The quantitative estimate of drug-likeness (QED) is 0.369. The van der Waals surface area contributed by atoms with Gasteiger partial charge in [-0.15, -0.1) is 10.2 Å². The number of anilines is 1. The van der Waals surface area contributed by atoms with Crippen LogP contribution in [0.25, 0.3) is 0 Å². The van der Waals surface area contributed by atoms with Crippen LogP contribution in [-0.2, 0) is 10.0 Å². The maximum Gasteiger partial charge on any atom is 0.293 e. The standard InChI is InChI=1S/C17H14N4O5S2/c1-10-5-3-4-6-13(10)16(22)12-7-8-15(21(23)24)14(9-12)20-28(25,26)17-19-18-11(2)27-17/h3-9,20H,1-2H3. The van der Waals surface area contributed by atoms with E-state index < -0.39 is 20.6 Å². The lowest BCUT2D eigenvalue weighted by atomic mass is 9.98. The van der Waals surface area contributed by atoms with E-state index in [0.717, 1.165) is 29.0 Å². The van der Waals surface area contributed by atoms with Crippen LogP contribution in [0.2, 0.25) is 0 Å². The van der Waals surface area contributed by atoms with E-state index in [1.54, 1.807) is 38.1 Å². The summed E-state index contributed by atoms with van der Waals surface area (Å²) in [4.78, 5) is 23.4. The molecule has 0 amide bonds. The minimum absolute atomic E-state index is 0.117. The van der Waals surface area contributed by atoms with E-state index in [2.05, 4.69) is 14.9 Å². The van der Waals surface area contributed by atoms with Crippen molar-refractivity contribution in [3.8, 4) is 0 Å². The van der Waals surface area contributed by atoms with E-state index in [9.17, 15) is 23.3 Å². The first-order chi connectivity index (χ1) is 13.2. The van der Waals surface area contributed by atoms with Crippen molar-refractivity contribution in [3.05, 3.63) is 74.3 Å². The highest BCUT2D eigenvalue weighted by atomic mass is 32.2. The number of carbonyl (C=O) groups excluding carboxylic acids is 1. The van der Waals surface area contributed by atoms with Crippen LogP contribution in [0.1, 0.15) is 26.5 Å². The molecule has 0 radical (unpaired) electrons. The fourth-order valence-corrected chi connectivity index (χ4v) is 4.51. The second-order valence-corrected chi connectivity index (χ2v) is 8.86. The molecule has 3 aromatic rings. The van der Waals surface area contributed by atoms with Crippen LogP contribution in [0.4, 0.5) is 11.4 Å².